The van der Waals surface area contributed by atoms with Crippen LogP contribution in [0.1, 0.15) is 12.0 Å². The molecule has 3 heteroatoms. The second-order valence-corrected chi connectivity index (χ2v) is 3.02. The van der Waals surface area contributed by atoms with Crippen molar-refractivity contribution in [1.29, 1.82) is 0 Å². The Hall–Kier alpha value is -1.13. The molecule has 1 nitrogen and oxygen atoms in total. The van der Waals surface area contributed by atoms with Crippen LogP contribution in [-0.2, 0) is 0 Å². The maximum Gasteiger partial charge on any atom is 0.0895 e. The fraction of sp³-hybridized carbons (Fsp3) is 0.182. The first-order valence-electron chi connectivity index (χ1n) is 4.10. The molecule has 0 radical (unpaired) electrons. The number of alkyl halides is 1. The number of benzene rings is 1. The van der Waals surface area contributed by atoms with Gasteiger partial charge in [0.1, 0.15) is 0 Å². The highest BCUT2D eigenvalue weighted by molar-refractivity contribution is 7.78. The molecule has 0 saturated carbocycles. The zero-order valence-corrected chi connectivity index (χ0v) is 9.03. The van der Waals surface area contributed by atoms with Crippen molar-refractivity contribution in [3.05, 3.63) is 29.8 Å². The molecular weight excluding hydrogens is 214 g/mol. The number of aliphatic imine (C=N–C) groups is 1. The minimum absolute atomic E-state index is 0.547. The molecule has 0 aromatic heterocycles. The summed E-state index contributed by atoms with van der Waals surface area (Å²) < 4.78 is 0. The monoisotopic (exact) mass is 221 g/mol. The first kappa shape index (κ1) is 10.9. The zero-order chi connectivity index (χ0) is 10.2. The van der Waals surface area contributed by atoms with E-state index in [4.69, 9.17) is 11.6 Å². The molecule has 0 unspecified atom stereocenters. The van der Waals surface area contributed by atoms with Gasteiger partial charge in [-0.25, -0.2) is 0 Å². The van der Waals surface area contributed by atoms with Crippen LogP contribution >= 0.6 is 23.8 Å². The molecule has 1 aromatic rings. The quantitative estimate of drug-likeness (QED) is 0.323. The fourth-order valence-corrected chi connectivity index (χ4v) is 1.12. The Morgan fingerprint density at radius 3 is 2.86 bits per heavy atom. The van der Waals surface area contributed by atoms with Gasteiger partial charge in [0.15, 0.2) is 0 Å². The highest BCUT2D eigenvalue weighted by Gasteiger charge is 1.94. The van der Waals surface area contributed by atoms with Gasteiger partial charge in [-0.1, -0.05) is 24.0 Å². The molecule has 1 aromatic carbocycles. The molecule has 0 atom stereocenters. The third-order valence-corrected chi connectivity index (χ3v) is 1.79. The smallest absolute Gasteiger partial charge is 0.0895 e. The Morgan fingerprint density at radius 1 is 1.36 bits per heavy atom. The van der Waals surface area contributed by atoms with E-state index >= 15 is 0 Å². The van der Waals surface area contributed by atoms with Crippen molar-refractivity contribution < 1.29 is 0 Å². The first-order chi connectivity index (χ1) is 6.88. The maximum absolute atomic E-state index is 5.51. The topological polar surface area (TPSA) is 12.4 Å². The van der Waals surface area contributed by atoms with Gasteiger partial charge in [0.05, 0.1) is 16.4 Å². The average Bonchev–Trinajstić information content (AvgIpc) is 2.21. The fourth-order valence-electron chi connectivity index (χ4n) is 0.931. The second-order valence-electron chi connectivity index (χ2n) is 2.46. The van der Waals surface area contributed by atoms with Crippen LogP contribution < -0.4 is 0 Å². The molecule has 14 heavy (non-hydrogen) atoms. The summed E-state index contributed by atoms with van der Waals surface area (Å²) in [7, 11) is 0. The number of halogens is 1. The van der Waals surface area contributed by atoms with Gasteiger partial charge in [0.2, 0.25) is 0 Å². The molecular formula is C11H8ClNS. The van der Waals surface area contributed by atoms with Crippen molar-refractivity contribution in [3.63, 3.8) is 0 Å². The SMILES string of the molecule is S=C=Nc1ccccc1C#CCCCl. The van der Waals surface area contributed by atoms with Crippen molar-refractivity contribution in [2.75, 3.05) is 5.88 Å². The van der Waals surface area contributed by atoms with Crippen LogP contribution in [0.15, 0.2) is 29.3 Å². The van der Waals surface area contributed by atoms with Gasteiger partial charge in [-0.05, 0) is 24.4 Å². The molecule has 0 aliphatic heterocycles. The number of hydrogen-bond acceptors (Lipinski definition) is 2. The number of para-hydroxylation sites is 1. The second kappa shape index (κ2) is 6.34. The van der Waals surface area contributed by atoms with E-state index in [1.807, 2.05) is 24.3 Å². The van der Waals surface area contributed by atoms with Gasteiger partial charge in [0, 0.05) is 12.3 Å². The van der Waals surface area contributed by atoms with Crippen LogP contribution in [-0.4, -0.2) is 11.0 Å². The molecule has 0 heterocycles. The summed E-state index contributed by atoms with van der Waals surface area (Å²) in [6, 6.07) is 7.54. The van der Waals surface area contributed by atoms with Crippen LogP contribution in [0.3, 0.4) is 0 Å². The lowest BCUT2D eigenvalue weighted by Gasteiger charge is -1.94. The lowest BCUT2D eigenvalue weighted by atomic mass is 10.2. The number of hydrogen-bond donors (Lipinski definition) is 0. The predicted octanol–water partition coefficient (Wildman–Crippen LogP) is 3.40. The number of isothiocyanates is 1. The van der Waals surface area contributed by atoms with E-state index in [1.165, 1.54) is 0 Å². The molecule has 0 aliphatic carbocycles. The van der Waals surface area contributed by atoms with Gasteiger partial charge in [0.25, 0.3) is 0 Å². The Morgan fingerprint density at radius 2 is 2.14 bits per heavy atom. The van der Waals surface area contributed by atoms with Gasteiger partial charge in [-0.2, -0.15) is 4.99 Å². The molecule has 0 bridgehead atoms. The van der Waals surface area contributed by atoms with E-state index in [0.29, 0.717) is 12.3 Å². The van der Waals surface area contributed by atoms with Crippen LogP contribution in [0, 0.1) is 11.8 Å². The summed E-state index contributed by atoms with van der Waals surface area (Å²) in [5.74, 6) is 6.48. The summed E-state index contributed by atoms with van der Waals surface area (Å²) in [6.45, 7) is 0. The molecule has 0 aliphatic rings. The molecule has 1 rings (SSSR count). The number of thiocarbonyl (C=S) groups is 1. The summed E-state index contributed by atoms with van der Waals surface area (Å²) in [5, 5.41) is 2.33. The summed E-state index contributed by atoms with van der Waals surface area (Å²) in [6.07, 6.45) is 0.678. The lowest BCUT2D eigenvalue weighted by molar-refractivity contribution is 1.29. The third kappa shape index (κ3) is 3.32. The van der Waals surface area contributed by atoms with E-state index in [1.54, 1.807) is 0 Å². The van der Waals surface area contributed by atoms with E-state index < -0.39 is 0 Å². The minimum Gasteiger partial charge on any atom is -0.193 e. The van der Waals surface area contributed by atoms with E-state index in [-0.39, 0.29) is 0 Å². The Balaban J connectivity index is 2.97. The average molecular weight is 222 g/mol. The molecule has 70 valence electrons. The Labute approximate surface area is 93.8 Å². The van der Waals surface area contributed by atoms with Crippen LogP contribution in [0.4, 0.5) is 5.69 Å². The van der Waals surface area contributed by atoms with E-state index in [0.717, 1.165) is 11.3 Å². The lowest BCUT2D eigenvalue weighted by Crippen LogP contribution is -1.75. The number of rotatable bonds is 2. The van der Waals surface area contributed by atoms with Crippen molar-refractivity contribution in [2.45, 2.75) is 6.42 Å². The molecule has 0 amide bonds. The first-order valence-corrected chi connectivity index (χ1v) is 5.04. The van der Waals surface area contributed by atoms with E-state index in [9.17, 15) is 0 Å². The van der Waals surface area contributed by atoms with Crippen LogP contribution in [0.2, 0.25) is 0 Å². The summed E-state index contributed by atoms with van der Waals surface area (Å²) in [4.78, 5) is 3.91. The largest absolute Gasteiger partial charge is 0.193 e. The zero-order valence-electron chi connectivity index (χ0n) is 7.46. The summed E-state index contributed by atoms with van der Waals surface area (Å²) in [5.41, 5.74) is 1.61. The van der Waals surface area contributed by atoms with Crippen molar-refractivity contribution in [3.8, 4) is 11.8 Å². The Kier molecular flexibility index (Phi) is 4.96. The highest BCUT2D eigenvalue weighted by Crippen LogP contribution is 2.16. The molecule has 0 saturated heterocycles. The van der Waals surface area contributed by atoms with Gasteiger partial charge < -0.3 is 0 Å². The standard InChI is InChI=1S/C11H8ClNS/c12-8-4-3-6-10-5-1-2-7-11(10)13-9-14/h1-2,5,7H,4,8H2. The highest BCUT2D eigenvalue weighted by atomic mass is 35.5. The predicted molar refractivity (Wildman–Crippen MR) is 63.3 cm³/mol. The maximum atomic E-state index is 5.51. The van der Waals surface area contributed by atoms with Gasteiger partial charge in [-0.15, -0.1) is 11.6 Å². The van der Waals surface area contributed by atoms with Crippen molar-refractivity contribution >= 4 is 34.7 Å². The van der Waals surface area contributed by atoms with Gasteiger partial charge >= 0.3 is 0 Å². The van der Waals surface area contributed by atoms with Gasteiger partial charge in [-0.3, -0.25) is 0 Å². The normalized spacial score (nSPS) is 8.36. The molecule has 0 N–H and O–H groups in total. The molecule has 0 fully saturated rings. The summed E-state index contributed by atoms with van der Waals surface area (Å²) >= 11 is 10.1. The Bertz CT molecular complexity index is 411. The van der Waals surface area contributed by atoms with Crippen LogP contribution in [0.25, 0.3) is 0 Å². The van der Waals surface area contributed by atoms with E-state index in [2.05, 4.69) is 34.2 Å². The third-order valence-electron chi connectivity index (χ3n) is 1.51. The van der Waals surface area contributed by atoms with Crippen molar-refractivity contribution in [2.24, 2.45) is 4.99 Å². The van der Waals surface area contributed by atoms with Crippen LogP contribution in [0.5, 0.6) is 0 Å². The number of nitrogens with zero attached hydrogens (tertiary/aromatic N) is 1. The minimum atomic E-state index is 0.547. The molecule has 0 spiro atoms. The van der Waals surface area contributed by atoms with Crippen molar-refractivity contribution in [1.82, 2.24) is 0 Å².